The Kier molecular flexibility index (Phi) is 5.18. The molecule has 2 saturated heterocycles. The summed E-state index contributed by atoms with van der Waals surface area (Å²) in [6.45, 7) is 5.11. The summed E-state index contributed by atoms with van der Waals surface area (Å²) < 4.78 is 32.5. The molecule has 0 bridgehead atoms. The Morgan fingerprint density at radius 2 is 1.71 bits per heavy atom. The summed E-state index contributed by atoms with van der Waals surface area (Å²) in [6.07, 6.45) is 1.76. The van der Waals surface area contributed by atoms with Crippen molar-refractivity contribution in [2.75, 3.05) is 76.4 Å². The van der Waals surface area contributed by atoms with E-state index >= 15 is 0 Å². The molecule has 0 unspecified atom stereocenters. The van der Waals surface area contributed by atoms with Crippen LogP contribution in [0.25, 0.3) is 0 Å². The highest BCUT2D eigenvalue weighted by molar-refractivity contribution is 7.86. The topological polar surface area (TPSA) is 82.1 Å². The van der Waals surface area contributed by atoms with Gasteiger partial charge in [-0.25, -0.2) is 4.98 Å². The lowest BCUT2D eigenvalue weighted by molar-refractivity contribution is 0.122. The fraction of sp³-hybridized carbons (Fsp3) is 0.714. The van der Waals surface area contributed by atoms with Crippen molar-refractivity contribution in [2.24, 2.45) is 0 Å². The Morgan fingerprint density at radius 3 is 2.33 bits per heavy atom. The van der Waals surface area contributed by atoms with Gasteiger partial charge in [0.25, 0.3) is 10.2 Å². The highest BCUT2D eigenvalue weighted by atomic mass is 32.2. The molecule has 2 aliphatic rings. The first-order valence-corrected chi connectivity index (χ1v) is 9.46. The van der Waals surface area contributed by atoms with E-state index in [-0.39, 0.29) is 0 Å². The van der Waals surface area contributed by atoms with Gasteiger partial charge >= 0.3 is 0 Å². The van der Waals surface area contributed by atoms with Crippen molar-refractivity contribution < 1.29 is 13.2 Å². The standard InChI is InChI=1S/C14H24N6O3S/c1-17(2)24(21,22)20-7-5-18(6-8-20)13-3-4-15-14(16-13)19-9-11-23-12-10-19/h3-4H,5-12H2,1-2H3. The van der Waals surface area contributed by atoms with E-state index < -0.39 is 10.2 Å². The molecule has 9 nitrogen and oxygen atoms in total. The third-order valence-corrected chi connectivity index (χ3v) is 6.21. The van der Waals surface area contributed by atoms with Crippen LogP contribution in [0.1, 0.15) is 0 Å². The average Bonchev–Trinajstić information content (AvgIpc) is 2.62. The number of hydrogen-bond acceptors (Lipinski definition) is 7. The number of piperazine rings is 1. The summed E-state index contributed by atoms with van der Waals surface area (Å²) >= 11 is 0. The van der Waals surface area contributed by atoms with Crippen LogP contribution in [-0.2, 0) is 14.9 Å². The van der Waals surface area contributed by atoms with Crippen molar-refractivity contribution in [1.29, 1.82) is 0 Å². The van der Waals surface area contributed by atoms with Crippen molar-refractivity contribution in [2.45, 2.75) is 0 Å². The van der Waals surface area contributed by atoms with Gasteiger partial charge in [0.05, 0.1) is 13.2 Å². The van der Waals surface area contributed by atoms with Gasteiger partial charge in [0.15, 0.2) is 0 Å². The van der Waals surface area contributed by atoms with E-state index in [1.54, 1.807) is 20.3 Å². The summed E-state index contributed by atoms with van der Waals surface area (Å²) in [7, 11) is -0.233. The van der Waals surface area contributed by atoms with E-state index in [0.29, 0.717) is 45.3 Å². The highest BCUT2D eigenvalue weighted by Crippen LogP contribution is 2.19. The first kappa shape index (κ1) is 17.3. The smallest absolute Gasteiger partial charge is 0.281 e. The molecular formula is C14H24N6O3S. The predicted octanol–water partition coefficient (Wildman–Crippen LogP) is -0.758. The fourth-order valence-corrected chi connectivity index (χ4v) is 3.90. The zero-order chi connectivity index (χ0) is 17.2. The van der Waals surface area contributed by atoms with Crippen LogP contribution in [0.5, 0.6) is 0 Å². The zero-order valence-electron chi connectivity index (χ0n) is 14.1. The molecule has 1 aromatic rings. The van der Waals surface area contributed by atoms with E-state index in [1.165, 1.54) is 8.61 Å². The van der Waals surface area contributed by atoms with Gasteiger partial charge in [0.2, 0.25) is 5.95 Å². The van der Waals surface area contributed by atoms with E-state index in [2.05, 4.69) is 19.8 Å². The van der Waals surface area contributed by atoms with E-state index in [4.69, 9.17) is 4.74 Å². The van der Waals surface area contributed by atoms with Crippen LogP contribution in [-0.4, -0.2) is 93.6 Å². The average molecular weight is 356 g/mol. The van der Waals surface area contributed by atoms with Crippen LogP contribution in [0.3, 0.4) is 0 Å². The molecular weight excluding hydrogens is 332 g/mol. The summed E-state index contributed by atoms with van der Waals surface area (Å²) in [5.41, 5.74) is 0. The third kappa shape index (κ3) is 3.61. The van der Waals surface area contributed by atoms with E-state index in [9.17, 15) is 8.42 Å². The van der Waals surface area contributed by atoms with Crippen LogP contribution in [0.15, 0.2) is 12.3 Å². The molecule has 0 amide bonds. The van der Waals surface area contributed by atoms with Crippen molar-refractivity contribution in [3.63, 3.8) is 0 Å². The zero-order valence-corrected chi connectivity index (χ0v) is 14.9. The number of rotatable bonds is 4. The predicted molar refractivity (Wildman–Crippen MR) is 91.5 cm³/mol. The number of ether oxygens (including phenoxy) is 1. The van der Waals surface area contributed by atoms with Gasteiger partial charge in [-0.15, -0.1) is 0 Å². The number of anilines is 2. The molecule has 0 saturated carbocycles. The van der Waals surface area contributed by atoms with Gasteiger partial charge in [-0.1, -0.05) is 0 Å². The molecule has 1 aromatic heterocycles. The van der Waals surface area contributed by atoms with Gasteiger partial charge in [-0.3, -0.25) is 0 Å². The maximum atomic E-state index is 12.2. The van der Waals surface area contributed by atoms with Crippen molar-refractivity contribution in [3.8, 4) is 0 Å². The molecule has 0 aliphatic carbocycles. The Labute approximate surface area is 143 Å². The SMILES string of the molecule is CN(C)S(=O)(=O)N1CCN(c2ccnc(N3CCOCC3)n2)CC1. The van der Waals surface area contributed by atoms with Crippen LogP contribution < -0.4 is 9.80 Å². The van der Waals surface area contributed by atoms with Gasteiger partial charge in [0, 0.05) is 59.6 Å². The monoisotopic (exact) mass is 356 g/mol. The minimum atomic E-state index is -3.35. The maximum Gasteiger partial charge on any atom is 0.281 e. The molecule has 3 rings (SSSR count). The van der Waals surface area contributed by atoms with Crippen molar-refractivity contribution >= 4 is 22.0 Å². The first-order chi connectivity index (χ1) is 11.5. The molecule has 0 N–H and O–H groups in total. The van der Waals surface area contributed by atoms with Gasteiger partial charge in [-0.05, 0) is 6.07 Å². The van der Waals surface area contributed by atoms with Crippen LogP contribution in [0.2, 0.25) is 0 Å². The normalized spacial score (nSPS) is 20.6. The first-order valence-electron chi connectivity index (χ1n) is 8.07. The fourth-order valence-electron chi connectivity index (χ4n) is 2.81. The number of aromatic nitrogens is 2. The number of morpholine rings is 1. The van der Waals surface area contributed by atoms with E-state index in [1.807, 2.05) is 6.07 Å². The molecule has 0 aromatic carbocycles. The van der Waals surface area contributed by atoms with Crippen molar-refractivity contribution in [1.82, 2.24) is 18.6 Å². The second-order valence-corrected chi connectivity index (χ2v) is 8.13. The minimum absolute atomic E-state index is 0.456. The molecule has 134 valence electrons. The Bertz CT molecular complexity index is 654. The Hall–Kier alpha value is -1.49. The second-order valence-electron chi connectivity index (χ2n) is 5.99. The molecule has 10 heteroatoms. The summed E-state index contributed by atoms with van der Waals surface area (Å²) in [5, 5.41) is 0. The van der Waals surface area contributed by atoms with Crippen LogP contribution >= 0.6 is 0 Å². The third-order valence-electron chi connectivity index (χ3n) is 4.27. The van der Waals surface area contributed by atoms with Gasteiger partial charge < -0.3 is 14.5 Å². The van der Waals surface area contributed by atoms with Gasteiger partial charge in [0.1, 0.15) is 5.82 Å². The molecule has 3 heterocycles. The summed E-state index contributed by atoms with van der Waals surface area (Å²) in [5.74, 6) is 1.55. The van der Waals surface area contributed by atoms with Gasteiger partial charge in [-0.2, -0.15) is 22.0 Å². The molecule has 2 aliphatic heterocycles. The summed E-state index contributed by atoms with van der Waals surface area (Å²) in [4.78, 5) is 13.2. The quantitative estimate of drug-likeness (QED) is 0.701. The lowest BCUT2D eigenvalue weighted by atomic mass is 10.3. The molecule has 0 radical (unpaired) electrons. The molecule has 24 heavy (non-hydrogen) atoms. The number of nitrogens with zero attached hydrogens (tertiary/aromatic N) is 6. The maximum absolute atomic E-state index is 12.2. The molecule has 2 fully saturated rings. The Balaban J connectivity index is 1.66. The second kappa shape index (κ2) is 7.18. The molecule has 0 atom stereocenters. The van der Waals surface area contributed by atoms with Crippen molar-refractivity contribution in [3.05, 3.63) is 12.3 Å². The van der Waals surface area contributed by atoms with Crippen LogP contribution in [0.4, 0.5) is 11.8 Å². The molecule has 0 spiro atoms. The minimum Gasteiger partial charge on any atom is -0.378 e. The Morgan fingerprint density at radius 1 is 1.04 bits per heavy atom. The highest BCUT2D eigenvalue weighted by Gasteiger charge is 2.29. The van der Waals surface area contributed by atoms with E-state index in [0.717, 1.165) is 18.9 Å². The largest absolute Gasteiger partial charge is 0.378 e. The lowest BCUT2D eigenvalue weighted by Gasteiger charge is -2.36. The van der Waals surface area contributed by atoms with Crippen LogP contribution in [0, 0.1) is 0 Å². The summed E-state index contributed by atoms with van der Waals surface area (Å²) in [6, 6.07) is 1.88. The lowest BCUT2D eigenvalue weighted by Crippen LogP contribution is -2.52. The number of hydrogen-bond donors (Lipinski definition) is 0.